The summed E-state index contributed by atoms with van der Waals surface area (Å²) in [6.45, 7) is 0.702. The van der Waals surface area contributed by atoms with E-state index in [-0.39, 0.29) is 11.6 Å². The minimum Gasteiger partial charge on any atom is -0.362 e. The van der Waals surface area contributed by atoms with Crippen molar-refractivity contribution in [2.75, 3.05) is 11.9 Å². The van der Waals surface area contributed by atoms with Crippen LogP contribution in [-0.4, -0.2) is 16.6 Å². The maximum Gasteiger partial charge on any atom is 0.269 e. The van der Waals surface area contributed by atoms with E-state index in [1.807, 2.05) is 12.1 Å². The summed E-state index contributed by atoms with van der Waals surface area (Å²) in [6.07, 6.45) is 0.885. The Kier molecular flexibility index (Phi) is 6.70. The number of rotatable bonds is 7. The molecule has 0 aliphatic heterocycles. The molecule has 0 unspecified atom stereocenters. The summed E-state index contributed by atoms with van der Waals surface area (Å²) in [5.41, 5.74) is 3.30. The quantitative estimate of drug-likeness (QED) is 0.333. The van der Waals surface area contributed by atoms with E-state index in [4.69, 9.17) is 12.2 Å². The molecule has 0 spiro atoms. The van der Waals surface area contributed by atoms with Gasteiger partial charge in [0.15, 0.2) is 5.11 Å². The molecule has 0 amide bonds. The number of hydrogen-bond donors (Lipinski definition) is 2. The van der Waals surface area contributed by atoms with Crippen LogP contribution in [0.25, 0.3) is 0 Å². The highest BCUT2D eigenvalue weighted by Gasteiger charge is 2.13. The normalized spacial score (nSPS) is 10.5. The van der Waals surface area contributed by atoms with E-state index in [9.17, 15) is 10.1 Å². The first-order chi connectivity index (χ1) is 13.6. The Balaban J connectivity index is 1.58. The van der Waals surface area contributed by atoms with Crippen LogP contribution in [-0.2, 0) is 0 Å². The highest BCUT2D eigenvalue weighted by Crippen LogP contribution is 2.27. The van der Waals surface area contributed by atoms with Gasteiger partial charge in [-0.2, -0.15) is 0 Å². The molecule has 0 aromatic heterocycles. The molecular formula is C22H21N3O2S. The minimum absolute atomic E-state index is 0.0537. The monoisotopic (exact) mass is 391 g/mol. The van der Waals surface area contributed by atoms with Crippen LogP contribution < -0.4 is 10.6 Å². The number of thiocarbonyl (C=S) groups is 1. The molecule has 3 aromatic rings. The van der Waals surface area contributed by atoms with Crippen molar-refractivity contribution in [1.29, 1.82) is 0 Å². The van der Waals surface area contributed by atoms with Crippen molar-refractivity contribution in [1.82, 2.24) is 5.32 Å². The van der Waals surface area contributed by atoms with Gasteiger partial charge < -0.3 is 10.6 Å². The number of anilines is 1. The zero-order chi connectivity index (χ0) is 19.8. The highest BCUT2D eigenvalue weighted by molar-refractivity contribution is 7.80. The second kappa shape index (κ2) is 9.62. The summed E-state index contributed by atoms with van der Waals surface area (Å²) < 4.78 is 0. The first-order valence-electron chi connectivity index (χ1n) is 9.02. The van der Waals surface area contributed by atoms with Crippen LogP contribution in [0.3, 0.4) is 0 Å². The molecule has 28 heavy (non-hydrogen) atoms. The molecule has 3 rings (SSSR count). The highest BCUT2D eigenvalue weighted by atomic mass is 32.1. The summed E-state index contributed by atoms with van der Waals surface area (Å²) >= 11 is 5.35. The van der Waals surface area contributed by atoms with Gasteiger partial charge in [0.05, 0.1) is 4.92 Å². The van der Waals surface area contributed by atoms with E-state index in [0.717, 1.165) is 6.42 Å². The fourth-order valence-corrected chi connectivity index (χ4v) is 3.29. The van der Waals surface area contributed by atoms with E-state index in [0.29, 0.717) is 17.3 Å². The summed E-state index contributed by atoms with van der Waals surface area (Å²) in [6, 6.07) is 27.0. The average Bonchev–Trinajstić information content (AvgIpc) is 2.73. The summed E-state index contributed by atoms with van der Waals surface area (Å²) in [5, 5.41) is 17.5. The molecule has 0 saturated heterocycles. The lowest BCUT2D eigenvalue weighted by atomic mass is 9.88. The minimum atomic E-state index is -0.423. The number of hydrogen-bond acceptors (Lipinski definition) is 3. The van der Waals surface area contributed by atoms with Gasteiger partial charge in [0.1, 0.15) is 0 Å². The van der Waals surface area contributed by atoms with Gasteiger partial charge in [0.2, 0.25) is 0 Å². The molecule has 0 radical (unpaired) electrons. The molecule has 6 heteroatoms. The van der Waals surface area contributed by atoms with Crippen molar-refractivity contribution in [2.45, 2.75) is 12.3 Å². The predicted molar refractivity (Wildman–Crippen MR) is 117 cm³/mol. The lowest BCUT2D eigenvalue weighted by molar-refractivity contribution is -0.384. The van der Waals surface area contributed by atoms with Crippen LogP contribution in [0.2, 0.25) is 0 Å². The number of nitro benzene ring substituents is 1. The van der Waals surface area contributed by atoms with Gasteiger partial charge in [-0.25, -0.2) is 0 Å². The Labute approximate surface area is 169 Å². The zero-order valence-corrected chi connectivity index (χ0v) is 16.1. The van der Waals surface area contributed by atoms with Gasteiger partial charge in [-0.1, -0.05) is 60.7 Å². The zero-order valence-electron chi connectivity index (χ0n) is 15.2. The Morgan fingerprint density at radius 2 is 1.43 bits per heavy atom. The number of nitrogens with one attached hydrogen (secondary N) is 2. The molecule has 142 valence electrons. The Bertz CT molecular complexity index is 876. The van der Waals surface area contributed by atoms with Crippen LogP contribution in [0.1, 0.15) is 23.5 Å². The molecule has 0 aliphatic rings. The SMILES string of the molecule is O=[N+]([O-])c1ccc(NC(=S)NCCC(c2ccccc2)c2ccccc2)cc1. The fraction of sp³-hybridized carbons (Fsp3) is 0.136. The van der Waals surface area contributed by atoms with Crippen molar-refractivity contribution in [3.63, 3.8) is 0 Å². The largest absolute Gasteiger partial charge is 0.362 e. The van der Waals surface area contributed by atoms with Crippen molar-refractivity contribution in [3.05, 3.63) is 106 Å². The molecule has 0 atom stereocenters. The number of non-ortho nitro benzene ring substituents is 1. The first-order valence-corrected chi connectivity index (χ1v) is 9.43. The van der Waals surface area contributed by atoms with E-state index in [1.165, 1.54) is 23.3 Å². The van der Waals surface area contributed by atoms with E-state index >= 15 is 0 Å². The van der Waals surface area contributed by atoms with E-state index in [1.54, 1.807) is 12.1 Å². The van der Waals surface area contributed by atoms with Crippen molar-refractivity contribution < 1.29 is 4.92 Å². The summed E-state index contributed by atoms with van der Waals surface area (Å²) in [7, 11) is 0. The smallest absolute Gasteiger partial charge is 0.269 e. The van der Waals surface area contributed by atoms with Crippen LogP contribution in [0.5, 0.6) is 0 Å². The second-order valence-corrected chi connectivity index (χ2v) is 6.76. The molecule has 0 fully saturated rings. The summed E-state index contributed by atoms with van der Waals surface area (Å²) in [4.78, 5) is 10.3. The predicted octanol–water partition coefficient (Wildman–Crippen LogP) is 5.10. The van der Waals surface area contributed by atoms with Crippen LogP contribution in [0.4, 0.5) is 11.4 Å². The van der Waals surface area contributed by atoms with Gasteiger partial charge in [-0.05, 0) is 41.9 Å². The van der Waals surface area contributed by atoms with Crippen LogP contribution in [0, 0.1) is 10.1 Å². The van der Waals surface area contributed by atoms with Crippen LogP contribution >= 0.6 is 12.2 Å². The van der Waals surface area contributed by atoms with Gasteiger partial charge in [-0.15, -0.1) is 0 Å². The number of nitro groups is 1. The molecule has 5 nitrogen and oxygen atoms in total. The lowest BCUT2D eigenvalue weighted by Gasteiger charge is -2.19. The molecule has 3 aromatic carbocycles. The van der Waals surface area contributed by atoms with E-state index < -0.39 is 4.92 Å². The fourth-order valence-electron chi connectivity index (χ4n) is 3.07. The topological polar surface area (TPSA) is 67.2 Å². The van der Waals surface area contributed by atoms with Crippen molar-refractivity contribution >= 4 is 28.7 Å². The van der Waals surface area contributed by atoms with Crippen molar-refractivity contribution in [3.8, 4) is 0 Å². The molecule has 0 saturated carbocycles. The second-order valence-electron chi connectivity index (χ2n) is 6.35. The van der Waals surface area contributed by atoms with Crippen molar-refractivity contribution in [2.24, 2.45) is 0 Å². The third kappa shape index (κ3) is 5.37. The van der Waals surface area contributed by atoms with Gasteiger partial charge in [-0.3, -0.25) is 10.1 Å². The van der Waals surface area contributed by atoms with Gasteiger partial charge >= 0.3 is 0 Å². The Morgan fingerprint density at radius 1 is 0.893 bits per heavy atom. The summed E-state index contributed by atoms with van der Waals surface area (Å²) in [5.74, 6) is 0.275. The van der Waals surface area contributed by atoms with E-state index in [2.05, 4.69) is 59.2 Å². The van der Waals surface area contributed by atoms with Gasteiger partial charge in [0.25, 0.3) is 5.69 Å². The lowest BCUT2D eigenvalue weighted by Crippen LogP contribution is -2.30. The molecular weight excluding hydrogens is 370 g/mol. The molecule has 2 N–H and O–H groups in total. The maximum absolute atomic E-state index is 10.7. The molecule has 0 heterocycles. The third-order valence-electron chi connectivity index (χ3n) is 4.46. The third-order valence-corrected chi connectivity index (χ3v) is 4.70. The van der Waals surface area contributed by atoms with Crippen LogP contribution in [0.15, 0.2) is 84.9 Å². The molecule has 0 bridgehead atoms. The number of nitrogens with zero attached hydrogens (tertiary/aromatic N) is 1. The first kappa shape index (κ1) is 19.5. The maximum atomic E-state index is 10.7. The Morgan fingerprint density at radius 3 is 1.93 bits per heavy atom. The average molecular weight is 391 g/mol. The number of benzene rings is 3. The Hall–Kier alpha value is -3.25. The van der Waals surface area contributed by atoms with Gasteiger partial charge in [0, 0.05) is 30.3 Å². The standard InChI is InChI=1S/C22H21N3O2S/c26-25(27)20-13-11-19(12-14-20)24-22(28)23-16-15-21(17-7-3-1-4-8-17)18-9-5-2-6-10-18/h1-14,21H,15-16H2,(H2,23,24,28). The molecule has 0 aliphatic carbocycles.